The standard InChI is InChI=1S/C15H10BrNO2/c1-9-5-6-13-12(7-9)15(18)19-14(17-13)10-3-2-4-11(16)8-10/h2-8H,1H3. The zero-order chi connectivity index (χ0) is 13.4. The summed E-state index contributed by atoms with van der Waals surface area (Å²) in [5.41, 5.74) is 2.08. The van der Waals surface area contributed by atoms with Gasteiger partial charge in [-0.15, -0.1) is 0 Å². The Balaban J connectivity index is 2.27. The SMILES string of the molecule is Cc1ccc2nc(-c3cccc(Br)c3)oc(=O)c2c1. The Labute approximate surface area is 118 Å². The van der Waals surface area contributed by atoms with E-state index in [2.05, 4.69) is 20.9 Å². The highest BCUT2D eigenvalue weighted by molar-refractivity contribution is 9.10. The summed E-state index contributed by atoms with van der Waals surface area (Å²) in [6.07, 6.45) is 0. The average Bonchev–Trinajstić information content (AvgIpc) is 2.39. The molecule has 3 rings (SSSR count). The number of aryl methyl sites for hydroxylation is 1. The second-order valence-corrected chi connectivity index (χ2v) is 5.25. The molecule has 0 saturated heterocycles. The normalized spacial score (nSPS) is 10.8. The molecule has 3 aromatic rings. The summed E-state index contributed by atoms with van der Waals surface area (Å²) in [7, 11) is 0. The summed E-state index contributed by atoms with van der Waals surface area (Å²) in [6.45, 7) is 1.93. The van der Waals surface area contributed by atoms with Crippen molar-refractivity contribution in [3.8, 4) is 11.5 Å². The number of benzene rings is 2. The minimum atomic E-state index is -0.358. The highest BCUT2D eigenvalue weighted by Gasteiger charge is 2.08. The zero-order valence-corrected chi connectivity index (χ0v) is 11.8. The number of nitrogens with zero attached hydrogens (tertiary/aromatic N) is 1. The maximum absolute atomic E-state index is 12.0. The van der Waals surface area contributed by atoms with Crippen LogP contribution in [0.2, 0.25) is 0 Å². The molecule has 0 saturated carbocycles. The topological polar surface area (TPSA) is 43.1 Å². The van der Waals surface area contributed by atoms with E-state index in [4.69, 9.17) is 4.42 Å². The lowest BCUT2D eigenvalue weighted by Crippen LogP contribution is -2.03. The molecular formula is C15H10BrNO2. The van der Waals surface area contributed by atoms with Gasteiger partial charge in [-0.25, -0.2) is 9.78 Å². The third-order valence-electron chi connectivity index (χ3n) is 2.85. The fourth-order valence-corrected chi connectivity index (χ4v) is 2.33. The molecule has 0 unspecified atom stereocenters. The molecule has 0 radical (unpaired) electrons. The van der Waals surface area contributed by atoms with E-state index in [9.17, 15) is 4.79 Å². The fraction of sp³-hybridized carbons (Fsp3) is 0.0667. The van der Waals surface area contributed by atoms with Crippen molar-refractivity contribution in [3.63, 3.8) is 0 Å². The van der Waals surface area contributed by atoms with E-state index in [-0.39, 0.29) is 5.63 Å². The molecule has 1 heterocycles. The largest absolute Gasteiger partial charge is 0.403 e. The van der Waals surface area contributed by atoms with Crippen LogP contribution in [0, 0.1) is 6.92 Å². The van der Waals surface area contributed by atoms with Gasteiger partial charge in [0.15, 0.2) is 0 Å². The van der Waals surface area contributed by atoms with Gasteiger partial charge in [0.05, 0.1) is 10.9 Å². The summed E-state index contributed by atoms with van der Waals surface area (Å²) in [5, 5.41) is 0.513. The lowest BCUT2D eigenvalue weighted by Gasteiger charge is -2.02. The minimum Gasteiger partial charge on any atom is -0.403 e. The van der Waals surface area contributed by atoms with Crippen LogP contribution >= 0.6 is 15.9 Å². The van der Waals surface area contributed by atoms with E-state index >= 15 is 0 Å². The molecule has 2 aromatic carbocycles. The first-order valence-electron chi connectivity index (χ1n) is 5.81. The van der Waals surface area contributed by atoms with E-state index in [1.165, 1.54) is 0 Å². The maximum Gasteiger partial charge on any atom is 0.347 e. The van der Waals surface area contributed by atoms with Crippen molar-refractivity contribution in [2.24, 2.45) is 0 Å². The van der Waals surface area contributed by atoms with Crippen LogP contribution < -0.4 is 5.63 Å². The molecule has 19 heavy (non-hydrogen) atoms. The first-order valence-corrected chi connectivity index (χ1v) is 6.60. The van der Waals surface area contributed by atoms with E-state index in [1.54, 1.807) is 6.07 Å². The Morgan fingerprint density at radius 1 is 1.16 bits per heavy atom. The van der Waals surface area contributed by atoms with Crippen molar-refractivity contribution in [2.75, 3.05) is 0 Å². The summed E-state index contributed by atoms with van der Waals surface area (Å²) >= 11 is 3.39. The second kappa shape index (κ2) is 4.63. The molecule has 0 bridgehead atoms. The predicted octanol–water partition coefficient (Wildman–Crippen LogP) is 3.93. The average molecular weight is 316 g/mol. The van der Waals surface area contributed by atoms with E-state index in [1.807, 2.05) is 43.3 Å². The third kappa shape index (κ3) is 2.31. The number of halogens is 1. The van der Waals surface area contributed by atoms with Gasteiger partial charge in [-0.05, 0) is 37.3 Å². The highest BCUT2D eigenvalue weighted by atomic mass is 79.9. The van der Waals surface area contributed by atoms with Crippen LogP contribution in [0.15, 0.2) is 56.1 Å². The van der Waals surface area contributed by atoms with Crippen LogP contribution in [-0.4, -0.2) is 4.98 Å². The first-order chi connectivity index (χ1) is 9.13. The second-order valence-electron chi connectivity index (χ2n) is 4.34. The summed E-state index contributed by atoms with van der Waals surface area (Å²) in [6, 6.07) is 13.1. The molecule has 3 nitrogen and oxygen atoms in total. The maximum atomic E-state index is 12.0. The van der Waals surface area contributed by atoms with Crippen LogP contribution in [0.5, 0.6) is 0 Å². The minimum absolute atomic E-state index is 0.336. The van der Waals surface area contributed by atoms with Crippen LogP contribution in [0.4, 0.5) is 0 Å². The lowest BCUT2D eigenvalue weighted by molar-refractivity contribution is 0.518. The molecule has 0 amide bonds. The molecule has 0 fully saturated rings. The molecule has 0 aliphatic carbocycles. The molecule has 0 aliphatic rings. The van der Waals surface area contributed by atoms with Gasteiger partial charge < -0.3 is 4.42 Å². The predicted molar refractivity (Wildman–Crippen MR) is 78.2 cm³/mol. The van der Waals surface area contributed by atoms with Gasteiger partial charge in [0.1, 0.15) is 0 Å². The van der Waals surface area contributed by atoms with Crippen molar-refractivity contribution in [2.45, 2.75) is 6.92 Å². The lowest BCUT2D eigenvalue weighted by atomic mass is 10.1. The van der Waals surface area contributed by atoms with Crippen LogP contribution in [0.1, 0.15) is 5.56 Å². The zero-order valence-electron chi connectivity index (χ0n) is 10.2. The van der Waals surface area contributed by atoms with Gasteiger partial charge in [0, 0.05) is 10.0 Å². The molecule has 0 aliphatic heterocycles. The summed E-state index contributed by atoms with van der Waals surface area (Å²) in [5.74, 6) is 0.336. The Kier molecular flexibility index (Phi) is 2.95. The van der Waals surface area contributed by atoms with Gasteiger partial charge in [0.2, 0.25) is 5.89 Å². The molecule has 0 spiro atoms. The number of hydrogen-bond donors (Lipinski definition) is 0. The van der Waals surface area contributed by atoms with Gasteiger partial charge >= 0.3 is 5.63 Å². The quantitative estimate of drug-likeness (QED) is 0.683. The van der Waals surface area contributed by atoms with Crippen molar-refractivity contribution in [3.05, 3.63) is 62.9 Å². The first kappa shape index (κ1) is 12.1. The highest BCUT2D eigenvalue weighted by Crippen LogP contribution is 2.22. The third-order valence-corrected chi connectivity index (χ3v) is 3.35. The summed E-state index contributed by atoms with van der Waals surface area (Å²) in [4.78, 5) is 16.4. The molecular weight excluding hydrogens is 306 g/mol. The Morgan fingerprint density at radius 3 is 2.79 bits per heavy atom. The monoisotopic (exact) mass is 315 g/mol. The van der Waals surface area contributed by atoms with Gasteiger partial charge in [0.25, 0.3) is 0 Å². The molecule has 1 aromatic heterocycles. The molecule has 0 N–H and O–H groups in total. The summed E-state index contributed by atoms with van der Waals surface area (Å²) < 4.78 is 6.21. The van der Waals surface area contributed by atoms with Crippen molar-refractivity contribution in [1.82, 2.24) is 4.98 Å². The van der Waals surface area contributed by atoms with E-state index in [0.29, 0.717) is 16.8 Å². The van der Waals surface area contributed by atoms with Gasteiger partial charge in [-0.2, -0.15) is 0 Å². The Bertz CT molecular complexity index is 824. The van der Waals surface area contributed by atoms with Crippen LogP contribution in [-0.2, 0) is 0 Å². The number of hydrogen-bond acceptors (Lipinski definition) is 3. The fourth-order valence-electron chi connectivity index (χ4n) is 1.93. The van der Waals surface area contributed by atoms with Crippen LogP contribution in [0.3, 0.4) is 0 Å². The number of aromatic nitrogens is 1. The number of fused-ring (bicyclic) bond motifs is 1. The number of rotatable bonds is 1. The molecule has 0 atom stereocenters. The van der Waals surface area contributed by atoms with Gasteiger partial charge in [-0.1, -0.05) is 33.6 Å². The smallest absolute Gasteiger partial charge is 0.347 e. The Hall–Kier alpha value is -1.94. The van der Waals surface area contributed by atoms with E-state index in [0.717, 1.165) is 15.6 Å². The van der Waals surface area contributed by atoms with Crippen molar-refractivity contribution < 1.29 is 4.42 Å². The molecule has 4 heteroatoms. The van der Waals surface area contributed by atoms with Crippen molar-refractivity contribution in [1.29, 1.82) is 0 Å². The molecule has 94 valence electrons. The van der Waals surface area contributed by atoms with E-state index < -0.39 is 0 Å². The Morgan fingerprint density at radius 2 is 2.00 bits per heavy atom. The van der Waals surface area contributed by atoms with Crippen LogP contribution in [0.25, 0.3) is 22.4 Å². The van der Waals surface area contributed by atoms with Gasteiger partial charge in [-0.3, -0.25) is 0 Å². The van der Waals surface area contributed by atoms with Crippen molar-refractivity contribution >= 4 is 26.8 Å².